The normalized spacial score (nSPS) is 19.7. The van der Waals surface area contributed by atoms with E-state index in [1.807, 2.05) is 12.2 Å². The molecular formula is C18H28O2. The number of carboxylic acids is 1. The van der Waals surface area contributed by atoms with Crippen molar-refractivity contribution in [2.45, 2.75) is 66.2 Å². The summed E-state index contributed by atoms with van der Waals surface area (Å²) < 4.78 is 0. The summed E-state index contributed by atoms with van der Waals surface area (Å²) >= 11 is 0. The summed E-state index contributed by atoms with van der Waals surface area (Å²) in [6.45, 7) is 8.78. The lowest BCUT2D eigenvalue weighted by Gasteiger charge is -2.32. The average Bonchev–Trinajstić information content (AvgIpc) is 2.35. The standard InChI is InChI=1S/C18H28O2/c1-5-6-7-10-15(17(19)20)11-12-16-14(2)9-8-13-18(16,3)4/h10-12H,5-9,13H2,1-4H3,(H,19,20)/b12-11+,15-10?. The first kappa shape index (κ1) is 16.7. The van der Waals surface area contributed by atoms with Crippen molar-refractivity contribution in [1.29, 1.82) is 0 Å². The van der Waals surface area contributed by atoms with Crippen molar-refractivity contribution in [2.24, 2.45) is 5.41 Å². The van der Waals surface area contributed by atoms with Gasteiger partial charge in [0.2, 0.25) is 0 Å². The maximum atomic E-state index is 11.3. The summed E-state index contributed by atoms with van der Waals surface area (Å²) in [7, 11) is 0. The zero-order chi connectivity index (χ0) is 15.2. The predicted molar refractivity (Wildman–Crippen MR) is 84.7 cm³/mol. The zero-order valence-electron chi connectivity index (χ0n) is 13.3. The summed E-state index contributed by atoms with van der Waals surface area (Å²) in [5, 5.41) is 9.26. The lowest BCUT2D eigenvalue weighted by molar-refractivity contribution is -0.132. The van der Waals surface area contributed by atoms with Gasteiger partial charge in [0.15, 0.2) is 0 Å². The molecule has 0 heterocycles. The van der Waals surface area contributed by atoms with E-state index in [1.54, 1.807) is 6.08 Å². The monoisotopic (exact) mass is 276 g/mol. The molecule has 0 amide bonds. The van der Waals surface area contributed by atoms with E-state index < -0.39 is 5.97 Å². The number of carbonyl (C=O) groups is 1. The fourth-order valence-electron chi connectivity index (χ4n) is 2.87. The average molecular weight is 276 g/mol. The number of carboxylic acid groups (broad SMARTS) is 1. The summed E-state index contributed by atoms with van der Waals surface area (Å²) in [4.78, 5) is 11.3. The molecule has 0 aromatic heterocycles. The molecule has 0 aliphatic heterocycles. The van der Waals surface area contributed by atoms with E-state index in [-0.39, 0.29) is 5.41 Å². The maximum absolute atomic E-state index is 11.3. The van der Waals surface area contributed by atoms with Crippen LogP contribution < -0.4 is 0 Å². The van der Waals surface area contributed by atoms with Crippen molar-refractivity contribution in [3.63, 3.8) is 0 Å². The van der Waals surface area contributed by atoms with E-state index in [9.17, 15) is 9.90 Å². The minimum atomic E-state index is -0.829. The van der Waals surface area contributed by atoms with Gasteiger partial charge in [-0.25, -0.2) is 4.79 Å². The van der Waals surface area contributed by atoms with Crippen molar-refractivity contribution in [3.05, 3.63) is 34.9 Å². The van der Waals surface area contributed by atoms with Gasteiger partial charge in [-0.2, -0.15) is 0 Å². The Bertz CT molecular complexity index is 436. The second kappa shape index (κ2) is 7.47. The molecule has 1 N–H and O–H groups in total. The summed E-state index contributed by atoms with van der Waals surface area (Å²) in [6, 6.07) is 0. The molecule has 1 aliphatic carbocycles. The van der Waals surface area contributed by atoms with E-state index in [0.717, 1.165) is 25.7 Å². The Morgan fingerprint density at radius 3 is 2.65 bits per heavy atom. The number of hydrogen-bond acceptors (Lipinski definition) is 1. The highest BCUT2D eigenvalue weighted by Gasteiger charge is 2.26. The van der Waals surface area contributed by atoms with Gasteiger partial charge >= 0.3 is 5.97 Å². The van der Waals surface area contributed by atoms with Gasteiger partial charge in [-0.1, -0.05) is 51.3 Å². The fraction of sp³-hybridized carbons (Fsp3) is 0.611. The molecule has 0 saturated carbocycles. The molecule has 2 heteroatoms. The Morgan fingerprint density at radius 1 is 1.40 bits per heavy atom. The fourth-order valence-corrected chi connectivity index (χ4v) is 2.87. The Hall–Kier alpha value is -1.31. The summed E-state index contributed by atoms with van der Waals surface area (Å²) in [5.41, 5.74) is 3.29. The molecule has 112 valence electrons. The number of unbranched alkanes of at least 4 members (excludes halogenated alkanes) is 2. The van der Waals surface area contributed by atoms with Gasteiger partial charge in [0.1, 0.15) is 0 Å². The third-order valence-electron chi connectivity index (χ3n) is 4.14. The Kier molecular flexibility index (Phi) is 6.25. The third-order valence-corrected chi connectivity index (χ3v) is 4.14. The van der Waals surface area contributed by atoms with Crippen LogP contribution in [0.25, 0.3) is 0 Å². The predicted octanol–water partition coefficient (Wildman–Crippen LogP) is 5.27. The van der Waals surface area contributed by atoms with Crippen LogP contribution in [0.2, 0.25) is 0 Å². The van der Waals surface area contributed by atoms with Crippen LogP contribution in [0.5, 0.6) is 0 Å². The van der Waals surface area contributed by atoms with Gasteiger partial charge in [0.25, 0.3) is 0 Å². The SMILES string of the molecule is CCCCC=C(/C=C/C1=C(C)CCCC1(C)C)C(=O)O. The highest BCUT2D eigenvalue weighted by atomic mass is 16.4. The molecular weight excluding hydrogens is 248 g/mol. The molecule has 0 aromatic rings. The van der Waals surface area contributed by atoms with Crippen molar-refractivity contribution in [1.82, 2.24) is 0 Å². The summed E-state index contributed by atoms with van der Waals surface area (Å²) in [6.07, 6.45) is 12.1. The van der Waals surface area contributed by atoms with Crippen LogP contribution in [0.15, 0.2) is 34.9 Å². The van der Waals surface area contributed by atoms with Gasteiger partial charge in [0, 0.05) is 0 Å². The molecule has 0 unspecified atom stereocenters. The number of hydrogen-bond donors (Lipinski definition) is 1. The number of rotatable bonds is 6. The van der Waals surface area contributed by atoms with Crippen LogP contribution in [0, 0.1) is 5.41 Å². The summed E-state index contributed by atoms with van der Waals surface area (Å²) in [5.74, 6) is -0.829. The largest absolute Gasteiger partial charge is 0.478 e. The van der Waals surface area contributed by atoms with E-state index in [2.05, 4.69) is 27.7 Å². The highest BCUT2D eigenvalue weighted by molar-refractivity contribution is 5.89. The minimum absolute atomic E-state index is 0.159. The number of allylic oxidation sites excluding steroid dienone is 4. The topological polar surface area (TPSA) is 37.3 Å². The van der Waals surface area contributed by atoms with E-state index in [4.69, 9.17) is 0 Å². The molecule has 1 aliphatic rings. The Morgan fingerprint density at radius 2 is 2.10 bits per heavy atom. The number of aliphatic carboxylic acids is 1. The van der Waals surface area contributed by atoms with Crippen LogP contribution in [0.1, 0.15) is 66.2 Å². The maximum Gasteiger partial charge on any atom is 0.335 e. The molecule has 20 heavy (non-hydrogen) atoms. The lowest BCUT2D eigenvalue weighted by Crippen LogP contribution is -2.19. The van der Waals surface area contributed by atoms with Crippen LogP contribution in [-0.4, -0.2) is 11.1 Å². The first-order chi connectivity index (χ1) is 9.38. The highest BCUT2D eigenvalue weighted by Crippen LogP contribution is 2.40. The van der Waals surface area contributed by atoms with Crippen molar-refractivity contribution >= 4 is 5.97 Å². The van der Waals surface area contributed by atoms with Crippen molar-refractivity contribution in [2.75, 3.05) is 0 Å². The Labute approximate surface area is 123 Å². The molecule has 0 saturated heterocycles. The van der Waals surface area contributed by atoms with Gasteiger partial charge in [0.05, 0.1) is 5.57 Å². The second-order valence-electron chi connectivity index (χ2n) is 6.37. The zero-order valence-corrected chi connectivity index (χ0v) is 13.3. The second-order valence-corrected chi connectivity index (χ2v) is 6.37. The first-order valence-electron chi connectivity index (χ1n) is 7.70. The molecule has 0 spiro atoms. The molecule has 0 atom stereocenters. The van der Waals surface area contributed by atoms with Gasteiger partial charge in [-0.15, -0.1) is 0 Å². The molecule has 0 aromatic carbocycles. The van der Waals surface area contributed by atoms with Crippen LogP contribution in [0.4, 0.5) is 0 Å². The van der Waals surface area contributed by atoms with E-state index in [0.29, 0.717) is 5.57 Å². The van der Waals surface area contributed by atoms with Gasteiger partial charge in [-0.3, -0.25) is 0 Å². The lowest BCUT2D eigenvalue weighted by atomic mass is 9.72. The molecule has 2 nitrogen and oxygen atoms in total. The van der Waals surface area contributed by atoms with Gasteiger partial charge < -0.3 is 5.11 Å². The Balaban J connectivity index is 2.92. The first-order valence-corrected chi connectivity index (χ1v) is 7.70. The quantitative estimate of drug-likeness (QED) is 0.407. The van der Waals surface area contributed by atoms with Crippen LogP contribution >= 0.6 is 0 Å². The third kappa shape index (κ3) is 4.66. The molecule has 0 radical (unpaired) electrons. The van der Waals surface area contributed by atoms with Crippen molar-refractivity contribution in [3.8, 4) is 0 Å². The van der Waals surface area contributed by atoms with Gasteiger partial charge in [-0.05, 0) is 49.7 Å². The van der Waals surface area contributed by atoms with Crippen LogP contribution in [-0.2, 0) is 4.79 Å². The van der Waals surface area contributed by atoms with E-state index >= 15 is 0 Å². The van der Waals surface area contributed by atoms with Crippen molar-refractivity contribution < 1.29 is 9.90 Å². The minimum Gasteiger partial charge on any atom is -0.478 e. The van der Waals surface area contributed by atoms with E-state index in [1.165, 1.54) is 24.0 Å². The molecule has 1 rings (SSSR count). The molecule has 0 fully saturated rings. The van der Waals surface area contributed by atoms with Crippen LogP contribution in [0.3, 0.4) is 0 Å². The molecule has 0 bridgehead atoms. The smallest absolute Gasteiger partial charge is 0.335 e.